The first-order valence-electron chi connectivity index (χ1n) is 10.3. The number of carbonyl (C=O) groups excluding carboxylic acids is 4. The van der Waals surface area contributed by atoms with Gasteiger partial charge in [0, 0.05) is 12.1 Å². The van der Waals surface area contributed by atoms with Gasteiger partial charge in [-0.05, 0) is 37.7 Å². The van der Waals surface area contributed by atoms with Crippen LogP contribution in [-0.2, 0) is 14.4 Å². The zero-order valence-corrected chi connectivity index (χ0v) is 18.1. The third-order valence-corrected chi connectivity index (χ3v) is 5.31. The van der Waals surface area contributed by atoms with E-state index in [0.29, 0.717) is 5.69 Å². The first kappa shape index (κ1) is 25.0. The van der Waals surface area contributed by atoms with Crippen molar-refractivity contribution in [1.82, 2.24) is 14.7 Å². The van der Waals surface area contributed by atoms with Gasteiger partial charge in [-0.15, -0.1) is 0 Å². The summed E-state index contributed by atoms with van der Waals surface area (Å²) >= 11 is 0. The second-order valence-electron chi connectivity index (χ2n) is 7.30. The smallest absolute Gasteiger partial charge is 0.317 e. The van der Waals surface area contributed by atoms with E-state index in [1.807, 2.05) is 18.7 Å². The maximum atomic E-state index is 12.5. The molecule has 2 aliphatic rings. The average Bonchev–Trinajstić information content (AvgIpc) is 2.99. The van der Waals surface area contributed by atoms with E-state index in [4.69, 9.17) is 15.9 Å². The van der Waals surface area contributed by atoms with Gasteiger partial charge in [0.1, 0.15) is 6.04 Å². The Bertz CT molecular complexity index is 913. The van der Waals surface area contributed by atoms with Crippen molar-refractivity contribution in [3.8, 4) is 0 Å². The van der Waals surface area contributed by atoms with Crippen LogP contribution < -0.4 is 5.73 Å². The van der Waals surface area contributed by atoms with Gasteiger partial charge in [0.15, 0.2) is 0 Å². The van der Waals surface area contributed by atoms with Crippen molar-refractivity contribution in [2.45, 2.75) is 32.7 Å². The molecule has 2 heterocycles. The number of imide groups is 2. The number of β-amino-alcohol motifs (C(OH)–C–C–N with tert-alkyl or cyclic N) is 1. The summed E-state index contributed by atoms with van der Waals surface area (Å²) in [5.41, 5.74) is 6.34. The Morgan fingerprint density at radius 1 is 1.12 bits per heavy atom. The number of carbonyl (C=O) groups is 5. The highest BCUT2D eigenvalue weighted by molar-refractivity contribution is 6.23. The summed E-state index contributed by atoms with van der Waals surface area (Å²) in [7, 11) is 0. The summed E-state index contributed by atoms with van der Waals surface area (Å²) in [5.74, 6) is -2.96. The van der Waals surface area contributed by atoms with E-state index in [-0.39, 0.29) is 43.7 Å². The zero-order valence-electron chi connectivity index (χ0n) is 18.1. The van der Waals surface area contributed by atoms with Crippen molar-refractivity contribution in [2.75, 3.05) is 38.5 Å². The maximum absolute atomic E-state index is 12.5. The van der Waals surface area contributed by atoms with E-state index >= 15 is 0 Å². The zero-order chi connectivity index (χ0) is 24.0. The molecule has 0 radical (unpaired) electrons. The lowest BCUT2D eigenvalue weighted by Crippen LogP contribution is -2.56. The van der Waals surface area contributed by atoms with Gasteiger partial charge in [-0.25, -0.2) is 0 Å². The molecule has 32 heavy (non-hydrogen) atoms. The van der Waals surface area contributed by atoms with Crippen LogP contribution in [0.2, 0.25) is 0 Å². The quantitative estimate of drug-likeness (QED) is 0.378. The van der Waals surface area contributed by atoms with Crippen molar-refractivity contribution < 1.29 is 34.2 Å². The van der Waals surface area contributed by atoms with E-state index < -0.39 is 35.6 Å². The SMILES string of the molecule is CCN(CC)CC(=O)O.Nc1ccc2c(c1)C(=O)N(C1CCC(=O)N(CCO)C1=O)C2=O. The number of hydrogen-bond acceptors (Lipinski definition) is 8. The molecule has 4 N–H and O–H groups in total. The van der Waals surface area contributed by atoms with Crippen LogP contribution >= 0.6 is 0 Å². The van der Waals surface area contributed by atoms with Gasteiger partial charge < -0.3 is 15.9 Å². The Morgan fingerprint density at radius 2 is 1.75 bits per heavy atom. The summed E-state index contributed by atoms with van der Waals surface area (Å²) in [5, 5.41) is 17.3. The molecule has 1 unspecified atom stereocenters. The number of hydrogen-bond donors (Lipinski definition) is 3. The Morgan fingerprint density at radius 3 is 2.28 bits per heavy atom. The lowest BCUT2D eigenvalue weighted by molar-refractivity contribution is -0.152. The molecule has 0 spiro atoms. The van der Waals surface area contributed by atoms with Crippen LogP contribution in [0.3, 0.4) is 0 Å². The molecule has 1 aromatic rings. The Hall–Kier alpha value is -3.31. The molecule has 0 aliphatic carbocycles. The number of piperidine rings is 1. The highest BCUT2D eigenvalue weighted by Gasteiger charge is 2.46. The number of aliphatic carboxylic acids is 1. The van der Waals surface area contributed by atoms with E-state index in [9.17, 15) is 24.0 Å². The number of aliphatic hydroxyl groups is 1. The van der Waals surface area contributed by atoms with Gasteiger partial charge in [-0.2, -0.15) is 0 Å². The molecule has 0 aromatic heterocycles. The van der Waals surface area contributed by atoms with Crippen LogP contribution in [0.1, 0.15) is 47.4 Å². The molecular weight excluding hydrogens is 420 g/mol. The highest BCUT2D eigenvalue weighted by atomic mass is 16.4. The van der Waals surface area contributed by atoms with Crippen LogP contribution in [0, 0.1) is 0 Å². The van der Waals surface area contributed by atoms with Gasteiger partial charge >= 0.3 is 5.97 Å². The summed E-state index contributed by atoms with van der Waals surface area (Å²) in [4.78, 5) is 62.9. The second kappa shape index (κ2) is 10.8. The molecule has 1 saturated heterocycles. The van der Waals surface area contributed by atoms with Crippen molar-refractivity contribution in [3.05, 3.63) is 29.3 Å². The highest BCUT2D eigenvalue weighted by Crippen LogP contribution is 2.30. The first-order chi connectivity index (χ1) is 15.2. The van der Waals surface area contributed by atoms with Crippen molar-refractivity contribution >= 4 is 35.3 Å². The summed E-state index contributed by atoms with van der Waals surface area (Å²) in [6.45, 7) is 5.16. The Labute approximate surface area is 185 Å². The minimum Gasteiger partial charge on any atom is -0.480 e. The first-order valence-corrected chi connectivity index (χ1v) is 10.3. The number of carboxylic acids is 1. The average molecular weight is 448 g/mol. The fraction of sp³-hybridized carbons (Fsp3) is 0.476. The largest absolute Gasteiger partial charge is 0.480 e. The number of likely N-dealkylation sites (tertiary alicyclic amines) is 1. The van der Waals surface area contributed by atoms with Gasteiger partial charge in [0.2, 0.25) is 5.91 Å². The number of nitrogen functional groups attached to an aromatic ring is 1. The van der Waals surface area contributed by atoms with Crippen LogP contribution in [-0.4, -0.2) is 93.3 Å². The molecule has 4 amide bonds. The fourth-order valence-corrected chi connectivity index (χ4v) is 3.59. The van der Waals surface area contributed by atoms with Crippen molar-refractivity contribution in [3.63, 3.8) is 0 Å². The molecule has 0 bridgehead atoms. The number of nitrogens with two attached hydrogens (primary N) is 1. The van der Waals surface area contributed by atoms with Crippen LogP contribution in [0.5, 0.6) is 0 Å². The molecule has 0 saturated carbocycles. The lowest BCUT2D eigenvalue weighted by atomic mass is 10.0. The molecule has 11 nitrogen and oxygen atoms in total. The summed E-state index contributed by atoms with van der Waals surface area (Å²) in [6, 6.07) is 3.33. The van der Waals surface area contributed by atoms with E-state index in [1.165, 1.54) is 18.2 Å². The molecule has 11 heteroatoms. The minimum atomic E-state index is -1.03. The van der Waals surface area contributed by atoms with E-state index in [2.05, 4.69) is 0 Å². The molecule has 3 rings (SSSR count). The number of amides is 4. The normalized spacial score (nSPS) is 18.1. The monoisotopic (exact) mass is 448 g/mol. The van der Waals surface area contributed by atoms with Crippen LogP contribution in [0.4, 0.5) is 5.69 Å². The third kappa shape index (κ3) is 5.29. The fourth-order valence-electron chi connectivity index (χ4n) is 3.59. The minimum absolute atomic E-state index is 0.0337. The Balaban J connectivity index is 0.000000344. The van der Waals surface area contributed by atoms with Crippen molar-refractivity contribution in [1.29, 1.82) is 0 Å². The standard InChI is InChI=1S/C15H15N3O5.C6H13NO2/c16-8-1-2-9-10(7-8)14(22)18(13(9)21)11-3-4-12(20)17(5-6-19)15(11)23;1-3-7(4-2)5-6(8)9/h1-2,7,11,19H,3-6,16H2;3-5H2,1-2H3,(H,8,9). The molecule has 1 atom stereocenters. The molecule has 2 aliphatic heterocycles. The summed E-state index contributed by atoms with van der Waals surface area (Å²) in [6.07, 6.45) is 0.118. The van der Waals surface area contributed by atoms with E-state index in [0.717, 1.165) is 22.9 Å². The van der Waals surface area contributed by atoms with Gasteiger partial charge in [0.25, 0.3) is 17.7 Å². The molecular formula is C21H28N4O7. The van der Waals surface area contributed by atoms with Gasteiger partial charge in [-0.1, -0.05) is 13.8 Å². The van der Waals surface area contributed by atoms with Gasteiger partial charge in [0.05, 0.1) is 30.8 Å². The van der Waals surface area contributed by atoms with Crippen LogP contribution in [0.25, 0.3) is 0 Å². The summed E-state index contributed by atoms with van der Waals surface area (Å²) < 4.78 is 0. The number of benzene rings is 1. The number of nitrogens with zero attached hydrogens (tertiary/aromatic N) is 3. The second-order valence-corrected chi connectivity index (χ2v) is 7.30. The topological polar surface area (TPSA) is 162 Å². The van der Waals surface area contributed by atoms with Crippen LogP contribution in [0.15, 0.2) is 18.2 Å². The number of fused-ring (bicyclic) bond motifs is 1. The Kier molecular flexibility index (Phi) is 8.44. The molecule has 174 valence electrons. The lowest BCUT2D eigenvalue weighted by Gasteiger charge is -2.34. The predicted molar refractivity (Wildman–Crippen MR) is 114 cm³/mol. The van der Waals surface area contributed by atoms with E-state index in [1.54, 1.807) is 0 Å². The number of likely N-dealkylation sites (N-methyl/N-ethyl adjacent to an activating group) is 1. The van der Waals surface area contributed by atoms with Crippen molar-refractivity contribution in [2.24, 2.45) is 0 Å². The maximum Gasteiger partial charge on any atom is 0.317 e. The van der Waals surface area contributed by atoms with Gasteiger partial charge in [-0.3, -0.25) is 38.7 Å². The molecule has 1 fully saturated rings. The molecule has 1 aromatic carbocycles. The predicted octanol–water partition coefficient (Wildman–Crippen LogP) is -0.212. The number of rotatable bonds is 7. The third-order valence-electron chi connectivity index (χ3n) is 5.31. The number of anilines is 1. The number of aliphatic hydroxyl groups excluding tert-OH is 1. The number of carboxylic acid groups (broad SMARTS) is 1.